The minimum Gasteiger partial charge on any atom is -0.296 e. The molecule has 2 unspecified atom stereocenters. The smallest absolute Gasteiger partial charge is 0.179 e. The van der Waals surface area contributed by atoms with Crippen molar-refractivity contribution in [3.05, 3.63) is 20.3 Å². The molecule has 1 aromatic rings. The molecule has 1 aromatic heterocycles. The van der Waals surface area contributed by atoms with Crippen molar-refractivity contribution in [2.75, 3.05) is 19.6 Å². The first-order chi connectivity index (χ1) is 8.47. The lowest BCUT2D eigenvalue weighted by molar-refractivity contribution is 0.0850. The van der Waals surface area contributed by atoms with Gasteiger partial charge in [-0.3, -0.25) is 9.69 Å². The standard InChI is InChI=1S/C13H17Cl2NOS/c1-8-3-4-16(6-9(8)2)7-11(17)10-5-12(14)18-13(10)15/h5,8-9H,3-4,6-7H2,1-2H3. The first-order valence-corrected chi connectivity index (χ1v) is 7.75. The van der Waals surface area contributed by atoms with Crippen LogP contribution < -0.4 is 0 Å². The highest BCUT2D eigenvalue weighted by atomic mass is 35.5. The Bertz CT molecular complexity index is 446. The maximum atomic E-state index is 12.2. The molecular weight excluding hydrogens is 289 g/mol. The number of thiophene rings is 1. The number of piperidine rings is 1. The largest absolute Gasteiger partial charge is 0.296 e. The number of likely N-dealkylation sites (tertiary alicyclic amines) is 1. The third-order valence-electron chi connectivity index (χ3n) is 3.74. The van der Waals surface area contributed by atoms with E-state index in [-0.39, 0.29) is 5.78 Å². The number of hydrogen-bond acceptors (Lipinski definition) is 3. The zero-order chi connectivity index (χ0) is 13.3. The number of Topliss-reactive ketones (excluding diaryl/α,β-unsaturated/α-hetero) is 1. The first kappa shape index (κ1) is 14.3. The Morgan fingerprint density at radius 3 is 2.72 bits per heavy atom. The number of ketones is 1. The predicted molar refractivity (Wildman–Crippen MR) is 78.1 cm³/mol. The van der Waals surface area contributed by atoms with Crippen LogP contribution in [0, 0.1) is 11.8 Å². The second-order valence-corrected chi connectivity index (χ2v) is 7.43. The van der Waals surface area contributed by atoms with E-state index in [4.69, 9.17) is 23.2 Å². The fraction of sp³-hybridized carbons (Fsp3) is 0.615. The zero-order valence-electron chi connectivity index (χ0n) is 10.6. The van der Waals surface area contributed by atoms with Gasteiger partial charge in [-0.2, -0.15) is 0 Å². The van der Waals surface area contributed by atoms with Crippen LogP contribution in [-0.2, 0) is 0 Å². The summed E-state index contributed by atoms with van der Waals surface area (Å²) in [5.41, 5.74) is 0.568. The minimum atomic E-state index is 0.0740. The zero-order valence-corrected chi connectivity index (χ0v) is 12.9. The van der Waals surface area contributed by atoms with Crippen molar-refractivity contribution in [1.82, 2.24) is 4.90 Å². The molecule has 2 rings (SSSR count). The monoisotopic (exact) mass is 305 g/mol. The van der Waals surface area contributed by atoms with E-state index in [9.17, 15) is 4.79 Å². The molecule has 1 fully saturated rings. The summed E-state index contributed by atoms with van der Waals surface area (Å²) in [5.74, 6) is 1.47. The molecule has 0 aromatic carbocycles. The van der Waals surface area contributed by atoms with E-state index in [2.05, 4.69) is 18.7 Å². The van der Waals surface area contributed by atoms with E-state index in [1.54, 1.807) is 6.07 Å². The first-order valence-electron chi connectivity index (χ1n) is 6.17. The molecule has 18 heavy (non-hydrogen) atoms. The molecule has 0 saturated carbocycles. The van der Waals surface area contributed by atoms with Crippen molar-refractivity contribution in [3.63, 3.8) is 0 Å². The second kappa shape index (κ2) is 5.91. The summed E-state index contributed by atoms with van der Waals surface area (Å²) in [5, 5.41) is 0. The molecule has 0 N–H and O–H groups in total. The van der Waals surface area contributed by atoms with Gasteiger partial charge in [0.25, 0.3) is 0 Å². The van der Waals surface area contributed by atoms with E-state index < -0.39 is 0 Å². The van der Waals surface area contributed by atoms with Crippen molar-refractivity contribution in [3.8, 4) is 0 Å². The third kappa shape index (κ3) is 3.27. The number of hydrogen-bond donors (Lipinski definition) is 0. The van der Waals surface area contributed by atoms with Crippen LogP contribution in [0.5, 0.6) is 0 Å². The van der Waals surface area contributed by atoms with Crippen LogP contribution in [0.4, 0.5) is 0 Å². The van der Waals surface area contributed by atoms with Crippen molar-refractivity contribution < 1.29 is 4.79 Å². The lowest BCUT2D eigenvalue weighted by atomic mass is 9.88. The van der Waals surface area contributed by atoms with Crippen molar-refractivity contribution >= 4 is 40.3 Å². The van der Waals surface area contributed by atoms with Crippen LogP contribution in [0.2, 0.25) is 8.67 Å². The van der Waals surface area contributed by atoms with Crippen molar-refractivity contribution in [1.29, 1.82) is 0 Å². The van der Waals surface area contributed by atoms with Gasteiger partial charge >= 0.3 is 0 Å². The summed E-state index contributed by atoms with van der Waals surface area (Å²) in [6.07, 6.45) is 1.16. The van der Waals surface area contributed by atoms with Crippen LogP contribution in [0.15, 0.2) is 6.07 Å². The van der Waals surface area contributed by atoms with Gasteiger partial charge in [0.1, 0.15) is 4.34 Å². The molecule has 1 saturated heterocycles. The summed E-state index contributed by atoms with van der Waals surface area (Å²) in [6.45, 7) is 6.95. The fourth-order valence-corrected chi connectivity index (χ4v) is 3.81. The summed E-state index contributed by atoms with van der Waals surface area (Å²) in [4.78, 5) is 14.4. The lowest BCUT2D eigenvalue weighted by Crippen LogP contribution is -2.41. The Morgan fingerprint density at radius 1 is 1.44 bits per heavy atom. The molecule has 2 nitrogen and oxygen atoms in total. The maximum absolute atomic E-state index is 12.2. The summed E-state index contributed by atoms with van der Waals surface area (Å²) in [6, 6.07) is 1.67. The number of rotatable bonds is 3. The molecule has 0 amide bonds. The van der Waals surface area contributed by atoms with Crippen molar-refractivity contribution in [2.24, 2.45) is 11.8 Å². The molecule has 100 valence electrons. The molecule has 2 heterocycles. The summed E-state index contributed by atoms with van der Waals surface area (Å²) >= 11 is 13.1. The Morgan fingerprint density at radius 2 is 2.17 bits per heavy atom. The van der Waals surface area contributed by atoms with Crippen LogP contribution in [0.25, 0.3) is 0 Å². The molecule has 0 aliphatic carbocycles. The third-order valence-corrected chi connectivity index (χ3v) is 5.23. The van der Waals surface area contributed by atoms with Gasteiger partial charge in [0, 0.05) is 6.54 Å². The lowest BCUT2D eigenvalue weighted by Gasteiger charge is -2.34. The number of halogens is 2. The molecule has 1 aliphatic heterocycles. The van der Waals surface area contributed by atoms with E-state index in [0.717, 1.165) is 25.4 Å². The number of carbonyl (C=O) groups excluding carboxylic acids is 1. The van der Waals surface area contributed by atoms with Gasteiger partial charge < -0.3 is 0 Å². The van der Waals surface area contributed by atoms with Crippen LogP contribution in [-0.4, -0.2) is 30.3 Å². The second-order valence-electron chi connectivity index (χ2n) is 5.14. The van der Waals surface area contributed by atoms with Gasteiger partial charge in [-0.15, -0.1) is 11.3 Å². The minimum absolute atomic E-state index is 0.0740. The molecule has 0 spiro atoms. The van der Waals surface area contributed by atoms with Gasteiger partial charge in [0.2, 0.25) is 0 Å². The Labute approximate surface area is 122 Å². The van der Waals surface area contributed by atoms with Crippen LogP contribution >= 0.6 is 34.5 Å². The number of carbonyl (C=O) groups is 1. The highest BCUT2D eigenvalue weighted by molar-refractivity contribution is 7.20. The average Bonchev–Trinajstić information content (AvgIpc) is 2.63. The van der Waals surface area contributed by atoms with E-state index in [0.29, 0.717) is 26.7 Å². The Hall–Kier alpha value is -0.0900. The maximum Gasteiger partial charge on any atom is 0.179 e. The SMILES string of the molecule is CC1CCN(CC(=O)c2cc(Cl)sc2Cl)CC1C. The quantitative estimate of drug-likeness (QED) is 0.779. The topological polar surface area (TPSA) is 20.3 Å². The Kier molecular flexibility index (Phi) is 4.70. The average molecular weight is 306 g/mol. The van der Waals surface area contributed by atoms with Gasteiger partial charge in [-0.05, 0) is 30.9 Å². The van der Waals surface area contributed by atoms with Crippen LogP contribution in [0.3, 0.4) is 0 Å². The van der Waals surface area contributed by atoms with E-state index in [1.165, 1.54) is 11.3 Å². The Balaban J connectivity index is 1.98. The predicted octanol–water partition coefficient (Wildman–Crippen LogP) is 4.22. The molecule has 0 radical (unpaired) electrons. The molecule has 0 bridgehead atoms. The van der Waals surface area contributed by atoms with Gasteiger partial charge in [-0.1, -0.05) is 37.0 Å². The van der Waals surface area contributed by atoms with Gasteiger partial charge in [0.05, 0.1) is 16.4 Å². The molecule has 1 aliphatic rings. The molecule has 5 heteroatoms. The van der Waals surface area contributed by atoms with Gasteiger partial charge in [-0.25, -0.2) is 0 Å². The fourth-order valence-electron chi connectivity index (χ4n) is 2.31. The highest BCUT2D eigenvalue weighted by Crippen LogP contribution is 2.32. The summed E-state index contributed by atoms with van der Waals surface area (Å²) < 4.78 is 1.08. The van der Waals surface area contributed by atoms with E-state index >= 15 is 0 Å². The molecular formula is C13H17Cl2NOS. The normalized spacial score (nSPS) is 25.3. The van der Waals surface area contributed by atoms with Crippen LogP contribution in [0.1, 0.15) is 30.6 Å². The van der Waals surface area contributed by atoms with Gasteiger partial charge in [0.15, 0.2) is 5.78 Å². The summed E-state index contributed by atoms with van der Waals surface area (Å²) in [7, 11) is 0. The molecule has 2 atom stereocenters. The van der Waals surface area contributed by atoms with E-state index in [1.807, 2.05) is 0 Å². The van der Waals surface area contributed by atoms with Crippen molar-refractivity contribution in [2.45, 2.75) is 20.3 Å². The highest BCUT2D eigenvalue weighted by Gasteiger charge is 2.25. The number of nitrogens with zero attached hydrogens (tertiary/aromatic N) is 1.